The van der Waals surface area contributed by atoms with Gasteiger partial charge in [-0.1, -0.05) is 42.1 Å². The molecule has 0 spiro atoms. The minimum absolute atomic E-state index is 0.0891. The van der Waals surface area contributed by atoms with Crippen molar-refractivity contribution >= 4 is 23.4 Å². The van der Waals surface area contributed by atoms with Crippen LogP contribution >= 0.6 is 11.8 Å². The molecule has 1 aromatic heterocycles. The highest BCUT2D eigenvalue weighted by Gasteiger charge is 2.22. The smallest absolute Gasteiger partial charge is 0.253 e. The molecule has 2 aromatic rings. The number of carbonyl (C=O) groups is 1. The van der Waals surface area contributed by atoms with Crippen LogP contribution in [0, 0.1) is 25.2 Å². The maximum absolute atomic E-state index is 12.4. The molecule has 1 amide bonds. The van der Waals surface area contributed by atoms with Crippen molar-refractivity contribution in [2.45, 2.75) is 25.3 Å². The van der Waals surface area contributed by atoms with Crippen molar-refractivity contribution in [3.8, 4) is 6.07 Å². The number of carbonyl (C=O) groups excluding carboxylic acids is 1. The number of amides is 1. The summed E-state index contributed by atoms with van der Waals surface area (Å²) in [4.78, 5) is 20.9. The van der Waals surface area contributed by atoms with Gasteiger partial charge in [0.2, 0.25) is 0 Å². The van der Waals surface area contributed by atoms with Gasteiger partial charge in [0.1, 0.15) is 22.5 Å². The molecule has 3 rings (SSSR count). The molecule has 0 bridgehead atoms. The Labute approximate surface area is 150 Å². The van der Waals surface area contributed by atoms with Crippen molar-refractivity contribution in [1.82, 2.24) is 15.0 Å². The first-order valence-corrected chi connectivity index (χ1v) is 8.88. The lowest BCUT2D eigenvalue weighted by atomic mass is 10.1. The number of aryl methyl sites for hydroxylation is 2. The number of nitriles is 1. The first-order valence-electron chi connectivity index (χ1n) is 7.90. The highest BCUT2D eigenvalue weighted by Crippen LogP contribution is 2.23. The Hall–Kier alpha value is -2.72. The third kappa shape index (κ3) is 3.86. The largest absolute Gasteiger partial charge is 0.272 e. The van der Waals surface area contributed by atoms with E-state index < -0.39 is 0 Å². The van der Waals surface area contributed by atoms with Crippen LogP contribution in [0.1, 0.15) is 29.1 Å². The van der Waals surface area contributed by atoms with E-state index in [0.717, 1.165) is 17.7 Å². The van der Waals surface area contributed by atoms with Crippen molar-refractivity contribution < 1.29 is 4.79 Å². The second-order valence-electron chi connectivity index (χ2n) is 5.62. The van der Waals surface area contributed by atoms with Gasteiger partial charge in [-0.05, 0) is 19.4 Å². The van der Waals surface area contributed by atoms with Gasteiger partial charge in [-0.15, -0.1) is 0 Å². The predicted octanol–water partition coefficient (Wildman–Crippen LogP) is 2.69. The molecule has 1 aliphatic rings. The summed E-state index contributed by atoms with van der Waals surface area (Å²) in [6.07, 6.45) is 0.746. The average molecular weight is 351 g/mol. The number of thioether (sulfide) groups is 1. The van der Waals surface area contributed by atoms with Crippen LogP contribution in [0.3, 0.4) is 0 Å². The maximum Gasteiger partial charge on any atom is 0.253 e. The first kappa shape index (κ1) is 17.1. The highest BCUT2D eigenvalue weighted by atomic mass is 32.2. The lowest BCUT2D eigenvalue weighted by Gasteiger charge is -2.11. The molecule has 0 unspecified atom stereocenters. The molecule has 0 saturated carbocycles. The Morgan fingerprint density at radius 2 is 2.04 bits per heavy atom. The molecule has 0 fully saturated rings. The fraction of sp³-hybridized carbons (Fsp3) is 0.278. The maximum atomic E-state index is 12.4. The van der Waals surface area contributed by atoms with Crippen molar-refractivity contribution in [3.05, 3.63) is 53.0 Å². The predicted molar refractivity (Wildman–Crippen MR) is 96.3 cm³/mol. The lowest BCUT2D eigenvalue weighted by Crippen LogP contribution is -2.25. The van der Waals surface area contributed by atoms with E-state index in [4.69, 9.17) is 0 Å². The normalized spacial score (nSPS) is 13.5. The minimum Gasteiger partial charge on any atom is -0.272 e. The zero-order valence-corrected chi connectivity index (χ0v) is 14.9. The molecule has 0 saturated heterocycles. The summed E-state index contributed by atoms with van der Waals surface area (Å²) in [6, 6.07) is 12.0. The number of aromatic nitrogens is 2. The molecular formula is C18H17N5OS. The molecule has 25 heavy (non-hydrogen) atoms. The summed E-state index contributed by atoms with van der Waals surface area (Å²) in [6.45, 7) is 4.13. The van der Waals surface area contributed by atoms with Gasteiger partial charge in [-0.3, -0.25) is 4.79 Å². The van der Waals surface area contributed by atoms with E-state index in [2.05, 4.69) is 21.1 Å². The number of hydrogen-bond donors (Lipinski definition) is 0. The van der Waals surface area contributed by atoms with Crippen molar-refractivity contribution in [1.29, 1.82) is 5.26 Å². The van der Waals surface area contributed by atoms with Crippen molar-refractivity contribution in [3.63, 3.8) is 0 Å². The summed E-state index contributed by atoms with van der Waals surface area (Å²) < 4.78 is 0. The molecular weight excluding hydrogens is 334 g/mol. The Kier molecular flexibility index (Phi) is 5.10. The van der Waals surface area contributed by atoms with Gasteiger partial charge in [0.25, 0.3) is 5.91 Å². The van der Waals surface area contributed by atoms with E-state index in [1.807, 2.05) is 30.3 Å². The quantitative estimate of drug-likeness (QED) is 0.625. The molecule has 0 N–H and O–H groups in total. The van der Waals surface area contributed by atoms with E-state index in [1.54, 1.807) is 13.8 Å². The van der Waals surface area contributed by atoms with Crippen LogP contribution in [0.5, 0.6) is 0 Å². The monoisotopic (exact) mass is 351 g/mol. The highest BCUT2D eigenvalue weighted by molar-refractivity contribution is 8.00. The summed E-state index contributed by atoms with van der Waals surface area (Å²) in [5.41, 5.74) is 3.03. The molecule has 1 aromatic carbocycles. The third-order valence-electron chi connectivity index (χ3n) is 3.81. The van der Waals surface area contributed by atoms with Gasteiger partial charge in [-0.2, -0.15) is 10.4 Å². The van der Waals surface area contributed by atoms with Gasteiger partial charge >= 0.3 is 0 Å². The first-order chi connectivity index (χ1) is 12.1. The topological polar surface area (TPSA) is 82.2 Å². The van der Waals surface area contributed by atoms with Gasteiger partial charge < -0.3 is 0 Å². The fourth-order valence-corrected chi connectivity index (χ4v) is 3.53. The fourth-order valence-electron chi connectivity index (χ4n) is 2.59. The Morgan fingerprint density at radius 3 is 2.76 bits per heavy atom. The van der Waals surface area contributed by atoms with Gasteiger partial charge in [0, 0.05) is 6.42 Å². The number of rotatable bonds is 4. The molecule has 126 valence electrons. The summed E-state index contributed by atoms with van der Waals surface area (Å²) >= 11 is 1.26. The van der Waals surface area contributed by atoms with Gasteiger partial charge in [0.15, 0.2) is 0 Å². The molecule has 7 heteroatoms. The SMILES string of the molecule is Cc1nc(C)c(C#N)c(SCC(=O)N2CCC(c3ccccc3)=N2)n1. The molecule has 0 atom stereocenters. The van der Waals surface area contributed by atoms with Crippen LogP contribution in [0.15, 0.2) is 40.5 Å². The van der Waals surface area contributed by atoms with E-state index in [1.165, 1.54) is 16.8 Å². The van der Waals surface area contributed by atoms with Gasteiger partial charge in [-0.25, -0.2) is 15.0 Å². The lowest BCUT2D eigenvalue weighted by molar-refractivity contribution is -0.127. The van der Waals surface area contributed by atoms with Gasteiger partial charge in [0.05, 0.1) is 23.7 Å². The van der Waals surface area contributed by atoms with Crippen LogP contribution < -0.4 is 0 Å². The Morgan fingerprint density at radius 1 is 1.28 bits per heavy atom. The molecule has 0 radical (unpaired) electrons. The summed E-state index contributed by atoms with van der Waals surface area (Å²) in [5, 5.41) is 15.8. The average Bonchev–Trinajstić information content (AvgIpc) is 3.10. The molecule has 2 heterocycles. The number of nitrogens with zero attached hydrogens (tertiary/aromatic N) is 5. The van der Waals surface area contributed by atoms with E-state index in [0.29, 0.717) is 28.7 Å². The summed E-state index contributed by atoms with van der Waals surface area (Å²) in [5.74, 6) is 0.696. The number of hydrogen-bond acceptors (Lipinski definition) is 6. The zero-order chi connectivity index (χ0) is 17.8. The van der Waals surface area contributed by atoms with Crippen LogP contribution in [0.4, 0.5) is 0 Å². The van der Waals surface area contributed by atoms with Crippen molar-refractivity contribution in [2.24, 2.45) is 5.10 Å². The Balaban J connectivity index is 1.68. The van der Waals surface area contributed by atoms with Crippen LogP contribution in [0.25, 0.3) is 0 Å². The molecule has 1 aliphatic heterocycles. The van der Waals surface area contributed by atoms with Crippen LogP contribution in [-0.2, 0) is 4.79 Å². The van der Waals surface area contributed by atoms with E-state index in [9.17, 15) is 10.1 Å². The van der Waals surface area contributed by atoms with E-state index in [-0.39, 0.29) is 11.7 Å². The number of hydrazone groups is 1. The standard InChI is InChI=1S/C18H17N5OS/c1-12-15(10-19)18(21-13(2)20-12)25-11-17(24)23-9-8-16(22-23)14-6-4-3-5-7-14/h3-7H,8-9,11H2,1-2H3. The molecule has 6 nitrogen and oxygen atoms in total. The Bertz CT molecular complexity index is 873. The molecule has 0 aliphatic carbocycles. The second-order valence-corrected chi connectivity index (χ2v) is 6.58. The van der Waals surface area contributed by atoms with Crippen LogP contribution in [-0.4, -0.2) is 38.9 Å². The minimum atomic E-state index is -0.0891. The van der Waals surface area contributed by atoms with E-state index >= 15 is 0 Å². The second kappa shape index (κ2) is 7.45. The van der Waals surface area contributed by atoms with Crippen LogP contribution in [0.2, 0.25) is 0 Å². The summed E-state index contributed by atoms with van der Waals surface area (Å²) in [7, 11) is 0. The number of benzene rings is 1. The van der Waals surface area contributed by atoms with Crippen molar-refractivity contribution in [2.75, 3.05) is 12.3 Å². The zero-order valence-electron chi connectivity index (χ0n) is 14.1. The third-order valence-corrected chi connectivity index (χ3v) is 4.77.